The van der Waals surface area contributed by atoms with Crippen LogP contribution >= 0.6 is 12.6 Å². The Morgan fingerprint density at radius 1 is 1.64 bits per heavy atom. The highest BCUT2D eigenvalue weighted by molar-refractivity contribution is 7.80. The number of thiol groups is 1. The van der Waals surface area contributed by atoms with Gasteiger partial charge in [0.2, 0.25) is 0 Å². The minimum absolute atomic E-state index is 0.0152. The van der Waals surface area contributed by atoms with Crippen LogP contribution in [0.15, 0.2) is 17.0 Å². The fraction of sp³-hybridized carbons (Fsp3) is 0.111. The summed E-state index contributed by atoms with van der Waals surface area (Å²) < 4.78 is 17.4. The molecular formula is C9H6FNO2S. The van der Waals surface area contributed by atoms with E-state index >= 15 is 0 Å². The number of benzene rings is 1. The number of nitrogens with zero attached hydrogens (tertiary/aromatic N) is 1. The van der Waals surface area contributed by atoms with Crippen molar-refractivity contribution in [1.82, 2.24) is 0 Å². The van der Waals surface area contributed by atoms with E-state index < -0.39 is 11.8 Å². The van der Waals surface area contributed by atoms with Gasteiger partial charge < -0.3 is 4.74 Å². The first-order valence-corrected chi connectivity index (χ1v) is 4.06. The molecule has 14 heavy (non-hydrogen) atoms. The van der Waals surface area contributed by atoms with E-state index in [4.69, 9.17) is 5.26 Å². The number of halogens is 1. The smallest absolute Gasteiger partial charge is 0.339 e. The van der Waals surface area contributed by atoms with Crippen LogP contribution in [0.2, 0.25) is 0 Å². The predicted octanol–water partition coefficient (Wildman–Crippen LogP) is 1.77. The Hall–Kier alpha value is -1.54. The first-order chi connectivity index (χ1) is 6.61. The van der Waals surface area contributed by atoms with Crippen molar-refractivity contribution in [3.8, 4) is 6.07 Å². The Balaban J connectivity index is 3.40. The molecule has 3 nitrogen and oxygen atoms in total. The van der Waals surface area contributed by atoms with E-state index in [1.807, 2.05) is 0 Å². The van der Waals surface area contributed by atoms with E-state index in [-0.39, 0.29) is 16.0 Å². The van der Waals surface area contributed by atoms with E-state index in [0.29, 0.717) is 0 Å². The normalized spacial score (nSPS) is 9.29. The quantitative estimate of drug-likeness (QED) is 0.569. The maximum atomic E-state index is 12.9. The summed E-state index contributed by atoms with van der Waals surface area (Å²) in [5.74, 6) is -1.32. The number of carbonyl (C=O) groups excluding carboxylic acids is 1. The number of nitriles is 1. The van der Waals surface area contributed by atoms with E-state index in [1.165, 1.54) is 13.2 Å². The standard InChI is InChI=1S/C9H6FNO2S/c1-13-9(12)5-2-3-7(10)8(14)6(5)4-11/h2-3,14H,1H3. The van der Waals surface area contributed by atoms with Gasteiger partial charge in [0.25, 0.3) is 0 Å². The van der Waals surface area contributed by atoms with Crippen LogP contribution in [0.25, 0.3) is 0 Å². The molecule has 0 atom stereocenters. The Kier molecular flexibility index (Phi) is 3.10. The average molecular weight is 211 g/mol. The molecular weight excluding hydrogens is 205 g/mol. The summed E-state index contributed by atoms with van der Waals surface area (Å²) in [5, 5.41) is 8.69. The first kappa shape index (κ1) is 10.5. The van der Waals surface area contributed by atoms with Crippen LogP contribution in [-0.4, -0.2) is 13.1 Å². The Morgan fingerprint density at radius 2 is 2.29 bits per heavy atom. The second kappa shape index (κ2) is 4.11. The zero-order valence-corrected chi connectivity index (χ0v) is 8.14. The largest absolute Gasteiger partial charge is 0.465 e. The Labute approximate surface area is 85.5 Å². The molecule has 0 unspecified atom stereocenters. The molecule has 0 aliphatic carbocycles. The van der Waals surface area contributed by atoms with Crippen LogP contribution in [0.3, 0.4) is 0 Å². The fourth-order valence-corrected chi connectivity index (χ4v) is 1.20. The lowest BCUT2D eigenvalue weighted by Gasteiger charge is -2.04. The molecule has 5 heteroatoms. The fourth-order valence-electron chi connectivity index (χ4n) is 0.959. The van der Waals surface area contributed by atoms with E-state index in [9.17, 15) is 9.18 Å². The third kappa shape index (κ3) is 1.70. The lowest BCUT2D eigenvalue weighted by molar-refractivity contribution is 0.0600. The van der Waals surface area contributed by atoms with Gasteiger partial charge in [0.1, 0.15) is 11.9 Å². The minimum Gasteiger partial charge on any atom is -0.465 e. The predicted molar refractivity (Wildman–Crippen MR) is 49.7 cm³/mol. The Bertz CT molecular complexity index is 426. The Morgan fingerprint density at radius 3 is 2.79 bits per heavy atom. The molecule has 0 bridgehead atoms. The molecule has 0 heterocycles. The molecule has 0 radical (unpaired) electrons. The summed E-state index contributed by atoms with van der Waals surface area (Å²) in [6, 6.07) is 3.96. The third-order valence-corrected chi connectivity index (χ3v) is 2.08. The van der Waals surface area contributed by atoms with Gasteiger partial charge in [-0.3, -0.25) is 0 Å². The lowest BCUT2D eigenvalue weighted by atomic mass is 10.1. The van der Waals surface area contributed by atoms with E-state index in [2.05, 4.69) is 17.4 Å². The second-order valence-corrected chi connectivity index (χ2v) is 2.87. The molecule has 0 saturated heterocycles. The zero-order chi connectivity index (χ0) is 10.7. The molecule has 0 aromatic heterocycles. The number of hydrogen-bond acceptors (Lipinski definition) is 4. The second-order valence-electron chi connectivity index (χ2n) is 2.42. The first-order valence-electron chi connectivity index (χ1n) is 3.61. The highest BCUT2D eigenvalue weighted by Gasteiger charge is 2.16. The highest BCUT2D eigenvalue weighted by atomic mass is 32.1. The van der Waals surface area contributed by atoms with Gasteiger partial charge in [0.15, 0.2) is 0 Å². The summed E-state index contributed by atoms with van der Waals surface area (Å²) >= 11 is 3.79. The van der Waals surface area contributed by atoms with Gasteiger partial charge in [0.05, 0.1) is 23.1 Å². The number of esters is 1. The molecule has 0 aliphatic rings. The monoisotopic (exact) mass is 211 g/mol. The summed E-state index contributed by atoms with van der Waals surface area (Å²) in [5.41, 5.74) is -0.0958. The van der Waals surface area contributed by atoms with Crippen molar-refractivity contribution in [2.45, 2.75) is 4.90 Å². The van der Waals surface area contributed by atoms with Crippen molar-refractivity contribution in [3.63, 3.8) is 0 Å². The van der Waals surface area contributed by atoms with Crippen molar-refractivity contribution in [3.05, 3.63) is 29.1 Å². The molecule has 1 aromatic carbocycles. The van der Waals surface area contributed by atoms with Gasteiger partial charge in [-0.1, -0.05) is 0 Å². The van der Waals surface area contributed by atoms with Crippen LogP contribution in [0.4, 0.5) is 4.39 Å². The van der Waals surface area contributed by atoms with Gasteiger partial charge in [-0.05, 0) is 12.1 Å². The van der Waals surface area contributed by atoms with Gasteiger partial charge >= 0.3 is 5.97 Å². The molecule has 0 saturated carbocycles. The number of carbonyl (C=O) groups is 1. The zero-order valence-electron chi connectivity index (χ0n) is 7.24. The minimum atomic E-state index is -0.683. The van der Waals surface area contributed by atoms with Crippen LogP contribution in [0.1, 0.15) is 15.9 Å². The molecule has 0 fully saturated rings. The van der Waals surface area contributed by atoms with Crippen molar-refractivity contribution >= 4 is 18.6 Å². The van der Waals surface area contributed by atoms with Crippen LogP contribution in [0.5, 0.6) is 0 Å². The SMILES string of the molecule is COC(=O)c1ccc(F)c(S)c1C#N. The van der Waals surface area contributed by atoms with Crippen molar-refractivity contribution in [2.24, 2.45) is 0 Å². The molecule has 1 aromatic rings. The number of ether oxygens (including phenoxy) is 1. The van der Waals surface area contributed by atoms with E-state index in [0.717, 1.165) is 6.07 Å². The molecule has 0 aliphatic heterocycles. The van der Waals surface area contributed by atoms with Gasteiger partial charge in [-0.25, -0.2) is 9.18 Å². The van der Waals surface area contributed by atoms with Crippen molar-refractivity contribution < 1.29 is 13.9 Å². The molecule has 72 valence electrons. The molecule has 0 spiro atoms. The maximum Gasteiger partial charge on any atom is 0.339 e. The summed E-state index contributed by atoms with van der Waals surface area (Å²) in [6.07, 6.45) is 0. The van der Waals surface area contributed by atoms with Gasteiger partial charge in [0, 0.05) is 0 Å². The third-order valence-electron chi connectivity index (χ3n) is 1.65. The van der Waals surface area contributed by atoms with Crippen LogP contribution < -0.4 is 0 Å². The topological polar surface area (TPSA) is 50.1 Å². The van der Waals surface area contributed by atoms with Crippen LogP contribution in [-0.2, 0) is 4.74 Å². The number of hydrogen-bond donors (Lipinski definition) is 1. The average Bonchev–Trinajstić information content (AvgIpc) is 2.20. The summed E-state index contributed by atoms with van der Waals surface area (Å²) in [7, 11) is 1.19. The van der Waals surface area contributed by atoms with Crippen LogP contribution in [0, 0.1) is 17.1 Å². The van der Waals surface area contributed by atoms with Crippen molar-refractivity contribution in [2.75, 3.05) is 7.11 Å². The molecule has 0 N–H and O–H groups in total. The number of rotatable bonds is 1. The van der Waals surface area contributed by atoms with Gasteiger partial charge in [-0.2, -0.15) is 5.26 Å². The van der Waals surface area contributed by atoms with Gasteiger partial charge in [-0.15, -0.1) is 12.6 Å². The summed E-state index contributed by atoms with van der Waals surface area (Å²) in [4.78, 5) is 11.0. The summed E-state index contributed by atoms with van der Waals surface area (Å²) in [6.45, 7) is 0. The molecule has 0 amide bonds. The number of methoxy groups -OCH3 is 1. The lowest BCUT2D eigenvalue weighted by Crippen LogP contribution is -2.05. The maximum absolute atomic E-state index is 12.9. The van der Waals surface area contributed by atoms with Crippen molar-refractivity contribution in [1.29, 1.82) is 5.26 Å². The van der Waals surface area contributed by atoms with E-state index in [1.54, 1.807) is 6.07 Å². The highest BCUT2D eigenvalue weighted by Crippen LogP contribution is 2.21. The molecule has 1 rings (SSSR count).